The van der Waals surface area contributed by atoms with Crippen molar-refractivity contribution in [2.45, 2.75) is 45.2 Å². The van der Waals surface area contributed by atoms with E-state index in [2.05, 4.69) is 43.4 Å². The summed E-state index contributed by atoms with van der Waals surface area (Å²) in [5, 5.41) is 6.42. The number of likely N-dealkylation sites (tertiary alicyclic amines) is 1. The highest BCUT2D eigenvalue weighted by atomic mass is 32.1. The highest BCUT2D eigenvalue weighted by molar-refractivity contribution is 7.10. The maximum absolute atomic E-state index is 12.8. The molecule has 2 aromatic rings. The fraction of sp³-hybridized carbons (Fsp3) is 0.500. The lowest BCUT2D eigenvalue weighted by atomic mass is 10.1. The molecule has 0 aromatic carbocycles. The third kappa shape index (κ3) is 2.75. The number of carbonyl (C=O) groups is 1. The first kappa shape index (κ1) is 14.3. The largest absolute Gasteiger partial charge is 0.331 e. The Hall–Kier alpha value is -1.62. The summed E-state index contributed by atoms with van der Waals surface area (Å²) in [6, 6.07) is 4.41. The van der Waals surface area contributed by atoms with Gasteiger partial charge in [0.05, 0.1) is 23.3 Å². The molecular formula is C16H21N3OS. The summed E-state index contributed by atoms with van der Waals surface area (Å²) in [6.45, 7) is 7.08. The molecular weight excluding hydrogens is 282 g/mol. The van der Waals surface area contributed by atoms with Crippen LogP contribution in [0.1, 0.15) is 54.9 Å². The van der Waals surface area contributed by atoms with Gasteiger partial charge in [0, 0.05) is 17.6 Å². The van der Waals surface area contributed by atoms with Crippen LogP contribution in [-0.2, 0) is 5.54 Å². The van der Waals surface area contributed by atoms with Gasteiger partial charge in [-0.2, -0.15) is 5.10 Å². The number of thiophene rings is 1. The molecule has 1 amide bonds. The van der Waals surface area contributed by atoms with E-state index < -0.39 is 0 Å². The zero-order valence-corrected chi connectivity index (χ0v) is 13.6. The van der Waals surface area contributed by atoms with Crippen molar-refractivity contribution < 1.29 is 4.79 Å². The predicted molar refractivity (Wildman–Crippen MR) is 84.6 cm³/mol. The second kappa shape index (κ2) is 5.30. The first-order valence-corrected chi connectivity index (χ1v) is 8.24. The summed E-state index contributed by atoms with van der Waals surface area (Å²) in [5.41, 5.74) is 0.588. The molecule has 3 heterocycles. The predicted octanol–water partition coefficient (Wildman–Crippen LogP) is 3.68. The van der Waals surface area contributed by atoms with E-state index in [1.54, 1.807) is 17.5 Å². The summed E-state index contributed by atoms with van der Waals surface area (Å²) in [6.07, 6.45) is 5.69. The Balaban J connectivity index is 1.83. The van der Waals surface area contributed by atoms with Crippen molar-refractivity contribution in [1.82, 2.24) is 14.7 Å². The number of rotatable bonds is 2. The molecule has 1 fully saturated rings. The maximum Gasteiger partial charge on any atom is 0.257 e. The monoisotopic (exact) mass is 303 g/mol. The van der Waals surface area contributed by atoms with E-state index in [4.69, 9.17) is 0 Å². The van der Waals surface area contributed by atoms with Gasteiger partial charge in [0.1, 0.15) is 0 Å². The smallest absolute Gasteiger partial charge is 0.257 e. The summed E-state index contributed by atoms with van der Waals surface area (Å²) in [7, 11) is 0. The Morgan fingerprint density at radius 3 is 2.86 bits per heavy atom. The number of carbonyl (C=O) groups excluding carboxylic acids is 1. The minimum Gasteiger partial charge on any atom is -0.331 e. The molecule has 1 aliphatic heterocycles. The number of hydrogen-bond acceptors (Lipinski definition) is 3. The fourth-order valence-corrected chi connectivity index (χ4v) is 3.63. The van der Waals surface area contributed by atoms with E-state index in [0.29, 0.717) is 5.56 Å². The third-order valence-electron chi connectivity index (χ3n) is 3.90. The second-order valence-corrected chi connectivity index (χ2v) is 7.50. The summed E-state index contributed by atoms with van der Waals surface area (Å²) in [5.74, 6) is 0.0985. The van der Waals surface area contributed by atoms with Crippen molar-refractivity contribution in [3.05, 3.63) is 40.3 Å². The molecule has 0 N–H and O–H groups in total. The molecule has 0 bridgehead atoms. The van der Waals surface area contributed by atoms with Gasteiger partial charge < -0.3 is 4.90 Å². The van der Waals surface area contributed by atoms with Gasteiger partial charge in [-0.05, 0) is 45.1 Å². The molecule has 0 aliphatic carbocycles. The second-order valence-electron chi connectivity index (χ2n) is 6.52. The Labute approximate surface area is 129 Å². The molecule has 0 saturated carbocycles. The van der Waals surface area contributed by atoms with Crippen molar-refractivity contribution in [2.24, 2.45) is 0 Å². The lowest BCUT2D eigenvalue weighted by Gasteiger charge is -2.23. The first-order chi connectivity index (χ1) is 9.97. The van der Waals surface area contributed by atoms with Crippen LogP contribution in [0.25, 0.3) is 0 Å². The normalized spacial score (nSPS) is 19.2. The molecule has 112 valence electrons. The van der Waals surface area contributed by atoms with Crippen LogP contribution in [-0.4, -0.2) is 27.1 Å². The number of hydrogen-bond donors (Lipinski definition) is 0. The van der Waals surface area contributed by atoms with Crippen molar-refractivity contribution in [3.8, 4) is 0 Å². The summed E-state index contributed by atoms with van der Waals surface area (Å²) < 4.78 is 1.86. The average Bonchev–Trinajstić information content (AvgIpc) is 3.16. The quantitative estimate of drug-likeness (QED) is 0.849. The average molecular weight is 303 g/mol. The highest BCUT2D eigenvalue weighted by Crippen LogP contribution is 2.35. The van der Waals surface area contributed by atoms with Crippen LogP contribution < -0.4 is 0 Å². The molecule has 0 spiro atoms. The van der Waals surface area contributed by atoms with Crippen molar-refractivity contribution >= 4 is 17.2 Å². The highest BCUT2D eigenvalue weighted by Gasteiger charge is 2.32. The molecule has 3 rings (SSSR count). The molecule has 1 atom stereocenters. The fourth-order valence-electron chi connectivity index (χ4n) is 2.75. The van der Waals surface area contributed by atoms with Crippen LogP contribution in [0, 0.1) is 0 Å². The Bertz CT molecular complexity index is 624. The van der Waals surface area contributed by atoms with Crippen molar-refractivity contribution in [3.63, 3.8) is 0 Å². The van der Waals surface area contributed by atoms with Gasteiger partial charge in [0.15, 0.2) is 0 Å². The van der Waals surface area contributed by atoms with Gasteiger partial charge >= 0.3 is 0 Å². The lowest BCUT2D eigenvalue weighted by molar-refractivity contribution is 0.0737. The molecule has 1 aliphatic rings. The van der Waals surface area contributed by atoms with Gasteiger partial charge in [-0.1, -0.05) is 6.07 Å². The third-order valence-corrected chi connectivity index (χ3v) is 4.88. The van der Waals surface area contributed by atoms with E-state index in [1.807, 2.05) is 15.8 Å². The lowest BCUT2D eigenvalue weighted by Crippen LogP contribution is -2.30. The molecule has 5 heteroatoms. The number of nitrogens with zero attached hydrogens (tertiary/aromatic N) is 3. The molecule has 4 nitrogen and oxygen atoms in total. The van der Waals surface area contributed by atoms with E-state index in [9.17, 15) is 4.79 Å². The van der Waals surface area contributed by atoms with E-state index in [-0.39, 0.29) is 17.5 Å². The number of amides is 1. The number of aromatic nitrogens is 2. The van der Waals surface area contributed by atoms with Crippen LogP contribution in [0.4, 0.5) is 0 Å². The van der Waals surface area contributed by atoms with Crippen LogP contribution in [0.5, 0.6) is 0 Å². The summed E-state index contributed by atoms with van der Waals surface area (Å²) in [4.78, 5) is 16.0. The van der Waals surface area contributed by atoms with Crippen LogP contribution in [0.3, 0.4) is 0 Å². The van der Waals surface area contributed by atoms with Gasteiger partial charge in [0.25, 0.3) is 5.91 Å². The van der Waals surface area contributed by atoms with Crippen LogP contribution in [0.15, 0.2) is 29.9 Å². The molecule has 2 aromatic heterocycles. The SMILES string of the molecule is CC(C)(C)n1cc(C(=O)N2CCCC2c2cccs2)cn1. The molecule has 1 saturated heterocycles. The Kier molecular flexibility index (Phi) is 3.61. The Morgan fingerprint density at radius 2 is 2.24 bits per heavy atom. The molecule has 21 heavy (non-hydrogen) atoms. The topological polar surface area (TPSA) is 38.1 Å². The minimum absolute atomic E-state index is 0.0985. The van der Waals surface area contributed by atoms with Crippen molar-refractivity contribution in [2.75, 3.05) is 6.54 Å². The molecule has 0 radical (unpaired) electrons. The van der Waals surface area contributed by atoms with Gasteiger partial charge in [-0.15, -0.1) is 11.3 Å². The Morgan fingerprint density at radius 1 is 1.43 bits per heavy atom. The summed E-state index contributed by atoms with van der Waals surface area (Å²) >= 11 is 1.73. The van der Waals surface area contributed by atoms with Gasteiger partial charge in [-0.25, -0.2) is 0 Å². The van der Waals surface area contributed by atoms with E-state index >= 15 is 0 Å². The maximum atomic E-state index is 12.8. The van der Waals surface area contributed by atoms with E-state index in [1.165, 1.54) is 4.88 Å². The van der Waals surface area contributed by atoms with Crippen molar-refractivity contribution in [1.29, 1.82) is 0 Å². The van der Waals surface area contributed by atoms with Gasteiger partial charge in [0.2, 0.25) is 0 Å². The van der Waals surface area contributed by atoms with Crippen LogP contribution >= 0.6 is 11.3 Å². The standard InChI is InChI=1S/C16H21N3OS/c1-16(2,3)19-11-12(10-17-19)15(20)18-8-4-6-13(18)14-7-5-9-21-14/h5,7,9-11,13H,4,6,8H2,1-3H3. The van der Waals surface area contributed by atoms with Gasteiger partial charge in [-0.3, -0.25) is 9.48 Å². The zero-order valence-electron chi connectivity index (χ0n) is 12.7. The minimum atomic E-state index is -0.101. The first-order valence-electron chi connectivity index (χ1n) is 7.36. The van der Waals surface area contributed by atoms with Crippen LogP contribution in [0.2, 0.25) is 0 Å². The molecule has 1 unspecified atom stereocenters. The zero-order chi connectivity index (χ0) is 15.0. The van der Waals surface area contributed by atoms with E-state index in [0.717, 1.165) is 19.4 Å².